The van der Waals surface area contributed by atoms with Crippen molar-refractivity contribution in [1.29, 1.82) is 0 Å². The Hall–Kier alpha value is -4.76. The van der Waals surface area contributed by atoms with Crippen molar-refractivity contribution in [1.82, 2.24) is 19.9 Å². The van der Waals surface area contributed by atoms with E-state index in [2.05, 4.69) is 15.4 Å². The number of nitrogens with two attached hydrogens (primary N) is 1. The lowest BCUT2D eigenvalue weighted by atomic mass is 9.93. The van der Waals surface area contributed by atoms with Crippen molar-refractivity contribution in [2.24, 2.45) is 5.73 Å². The molecule has 4 N–H and O–H groups in total. The van der Waals surface area contributed by atoms with E-state index in [1.54, 1.807) is 19.1 Å². The van der Waals surface area contributed by atoms with E-state index in [-0.39, 0.29) is 45.3 Å². The summed E-state index contributed by atoms with van der Waals surface area (Å²) in [5, 5.41) is 19.9. The Balaban J connectivity index is 1.43. The van der Waals surface area contributed by atoms with Crippen LogP contribution in [0.25, 0.3) is 26.9 Å². The lowest BCUT2D eigenvalue weighted by Crippen LogP contribution is -2.51. The maximum Gasteiger partial charge on any atom is 0.424 e. The molecule has 0 saturated heterocycles. The summed E-state index contributed by atoms with van der Waals surface area (Å²) < 4.78 is 71.9. The Morgan fingerprint density at radius 2 is 1.96 bits per heavy atom. The van der Waals surface area contributed by atoms with Crippen molar-refractivity contribution >= 4 is 38.8 Å². The fourth-order valence-corrected chi connectivity index (χ4v) is 6.36. The zero-order chi connectivity index (χ0) is 33.7. The number of benzene rings is 1. The van der Waals surface area contributed by atoms with Crippen molar-refractivity contribution in [3.8, 4) is 22.9 Å². The summed E-state index contributed by atoms with van der Waals surface area (Å²) in [4.78, 5) is 29.5. The van der Waals surface area contributed by atoms with E-state index in [0.29, 0.717) is 16.8 Å². The van der Waals surface area contributed by atoms with Gasteiger partial charge in [0.05, 0.1) is 48.3 Å². The topological polar surface area (TPSA) is 141 Å². The van der Waals surface area contributed by atoms with Crippen LogP contribution < -0.4 is 20.5 Å². The molecule has 1 saturated carbocycles. The number of alkyl halides is 3. The van der Waals surface area contributed by atoms with E-state index in [1.807, 2.05) is 0 Å². The number of ether oxygens (including phenoxy) is 2. The Kier molecular flexibility index (Phi) is 8.30. The minimum absolute atomic E-state index is 0.0253. The van der Waals surface area contributed by atoms with Crippen molar-refractivity contribution in [3.05, 3.63) is 76.2 Å². The van der Waals surface area contributed by atoms with E-state index < -0.39 is 48.1 Å². The summed E-state index contributed by atoms with van der Waals surface area (Å²) in [6, 6.07) is 9.71. The molecule has 47 heavy (non-hydrogen) atoms. The summed E-state index contributed by atoms with van der Waals surface area (Å²) in [5.74, 6) is -1.90. The number of methoxy groups -OCH3 is 1. The molecular weight excluding hydrogens is 642 g/mol. The molecular formula is C32H29F4N5O5S. The Morgan fingerprint density at radius 1 is 1.19 bits per heavy atom. The molecule has 4 heterocycles. The fourth-order valence-electron chi connectivity index (χ4n) is 5.40. The van der Waals surface area contributed by atoms with Gasteiger partial charge in [-0.05, 0) is 44.0 Å². The van der Waals surface area contributed by atoms with Crippen LogP contribution in [-0.2, 0) is 16.8 Å². The lowest BCUT2D eigenvalue weighted by molar-refractivity contribution is -0.265. The number of halogens is 4. The van der Waals surface area contributed by atoms with Gasteiger partial charge < -0.3 is 25.6 Å². The first-order chi connectivity index (χ1) is 22.3. The van der Waals surface area contributed by atoms with Crippen LogP contribution in [0.2, 0.25) is 0 Å². The zero-order valence-electron chi connectivity index (χ0n) is 25.2. The maximum absolute atomic E-state index is 14.8. The predicted molar refractivity (Wildman–Crippen MR) is 165 cm³/mol. The second kappa shape index (κ2) is 12.1. The molecule has 0 spiro atoms. The maximum atomic E-state index is 14.8. The highest BCUT2D eigenvalue weighted by Gasteiger charge is 2.57. The highest BCUT2D eigenvalue weighted by molar-refractivity contribution is 7.17. The number of pyridine rings is 2. The molecule has 1 atom stereocenters. The number of nitrogens with zero attached hydrogens (tertiary/aromatic N) is 3. The van der Waals surface area contributed by atoms with Crippen LogP contribution in [-0.4, -0.2) is 58.0 Å². The van der Waals surface area contributed by atoms with Gasteiger partial charge in [0, 0.05) is 39.4 Å². The van der Waals surface area contributed by atoms with E-state index in [0.717, 1.165) is 35.9 Å². The van der Waals surface area contributed by atoms with Gasteiger partial charge in [0.1, 0.15) is 17.3 Å². The van der Waals surface area contributed by atoms with Crippen molar-refractivity contribution < 1.29 is 41.7 Å². The zero-order valence-corrected chi connectivity index (χ0v) is 26.0. The molecule has 0 aliphatic heterocycles. The smallest absolute Gasteiger partial charge is 0.424 e. The highest BCUT2D eigenvalue weighted by atomic mass is 32.1. The largest absolute Gasteiger partial charge is 0.491 e. The molecule has 1 fully saturated rings. The molecule has 5 aromatic rings. The van der Waals surface area contributed by atoms with Gasteiger partial charge in [-0.1, -0.05) is 12.1 Å². The Bertz CT molecular complexity index is 2020. The number of aromatic nitrogens is 3. The third-order valence-corrected chi connectivity index (χ3v) is 8.93. The molecule has 10 nitrogen and oxygen atoms in total. The van der Waals surface area contributed by atoms with Crippen LogP contribution in [0.15, 0.2) is 47.8 Å². The van der Waals surface area contributed by atoms with E-state index in [9.17, 15) is 32.3 Å². The average Bonchev–Trinajstić information content (AvgIpc) is 3.63. The number of carbonyl (C=O) groups is 2. The summed E-state index contributed by atoms with van der Waals surface area (Å²) >= 11 is 1.00. The summed E-state index contributed by atoms with van der Waals surface area (Å²) in [5.41, 5.74) is 2.07. The molecule has 1 aliphatic rings. The number of fused-ring (bicyclic) bond motifs is 2. The number of rotatable bonds is 11. The van der Waals surface area contributed by atoms with Gasteiger partial charge in [-0.3, -0.25) is 9.59 Å². The number of thiophene rings is 1. The second-order valence-electron chi connectivity index (χ2n) is 11.2. The quantitative estimate of drug-likeness (QED) is 0.163. The number of hydrogen-bond acceptors (Lipinski definition) is 8. The number of hydrogen-bond donors (Lipinski definition) is 3. The molecule has 4 aromatic heterocycles. The normalized spacial score (nSPS) is 14.7. The van der Waals surface area contributed by atoms with Crippen LogP contribution in [0.3, 0.4) is 0 Å². The highest BCUT2D eigenvalue weighted by Crippen LogP contribution is 2.45. The first-order valence-corrected chi connectivity index (χ1v) is 15.5. The molecule has 0 bridgehead atoms. The number of aliphatic hydroxyl groups is 1. The number of amides is 2. The second-order valence-corrected chi connectivity index (χ2v) is 12.1. The molecule has 2 amide bonds. The average molecular weight is 672 g/mol. The standard InChI is InChI=1S/C32H29F4N5O5S/c1-3-46-28-17(11-25(37)42)10-24(39-27(28)21-14-47-29-20(21)5-4-6-22(29)33)31(44,32(34,35)36)15-38-30(43)18-9-19-13-23(16-7-8-16)40-41(19)26(12-18)45-2/h4-6,9-10,12-14,16,44H,3,7-8,11,15H2,1-2H3,(H2,37,42)(H,38,43)/t31-/m0/s1. The van der Waals surface area contributed by atoms with Crippen LogP contribution in [0, 0.1) is 5.82 Å². The van der Waals surface area contributed by atoms with Gasteiger partial charge >= 0.3 is 6.18 Å². The molecule has 0 radical (unpaired) electrons. The summed E-state index contributed by atoms with van der Waals surface area (Å²) in [6.07, 6.45) is -3.95. The monoisotopic (exact) mass is 671 g/mol. The Morgan fingerprint density at radius 3 is 2.62 bits per heavy atom. The molecule has 15 heteroatoms. The van der Waals surface area contributed by atoms with Crippen LogP contribution in [0.5, 0.6) is 11.6 Å². The molecule has 1 aromatic carbocycles. The summed E-state index contributed by atoms with van der Waals surface area (Å²) in [6.45, 7) is 0.329. The first kappa shape index (κ1) is 32.2. The first-order valence-electron chi connectivity index (χ1n) is 14.6. The van der Waals surface area contributed by atoms with Gasteiger partial charge in [0.2, 0.25) is 17.4 Å². The van der Waals surface area contributed by atoms with Crippen LogP contribution >= 0.6 is 11.3 Å². The molecule has 1 aliphatic carbocycles. The van der Waals surface area contributed by atoms with Crippen molar-refractivity contribution in [3.63, 3.8) is 0 Å². The molecule has 6 rings (SSSR count). The van der Waals surface area contributed by atoms with Gasteiger partial charge in [-0.25, -0.2) is 13.9 Å². The molecule has 0 unspecified atom stereocenters. The third kappa shape index (κ3) is 5.96. The summed E-state index contributed by atoms with van der Waals surface area (Å²) in [7, 11) is 1.38. The third-order valence-electron chi connectivity index (χ3n) is 7.92. The Labute approximate surface area is 269 Å². The van der Waals surface area contributed by atoms with Gasteiger partial charge in [-0.2, -0.15) is 18.3 Å². The van der Waals surface area contributed by atoms with E-state index >= 15 is 0 Å². The number of nitrogens with one attached hydrogen (secondary N) is 1. The van der Waals surface area contributed by atoms with Gasteiger partial charge in [-0.15, -0.1) is 11.3 Å². The van der Waals surface area contributed by atoms with Crippen molar-refractivity contribution in [2.75, 3.05) is 20.3 Å². The number of carbonyl (C=O) groups excluding carboxylic acids is 2. The van der Waals surface area contributed by atoms with Crippen molar-refractivity contribution in [2.45, 2.75) is 43.9 Å². The minimum atomic E-state index is -5.36. The van der Waals surface area contributed by atoms with Gasteiger partial charge in [0.25, 0.3) is 5.91 Å². The van der Waals surface area contributed by atoms with Crippen LogP contribution in [0.4, 0.5) is 17.6 Å². The van der Waals surface area contributed by atoms with Crippen LogP contribution in [0.1, 0.15) is 53.0 Å². The van der Waals surface area contributed by atoms with Gasteiger partial charge in [0.15, 0.2) is 0 Å². The minimum Gasteiger partial charge on any atom is -0.491 e. The number of primary amides is 1. The van der Waals surface area contributed by atoms with E-state index in [1.165, 1.54) is 41.3 Å². The SMILES string of the molecule is CCOc1c(CC(N)=O)cc([C@@](O)(CNC(=O)c2cc(OC)n3nc(C4CC4)cc3c2)C(F)(F)F)nc1-c1csc2c(F)cccc12. The predicted octanol–water partition coefficient (Wildman–Crippen LogP) is 5.24. The molecule has 246 valence electrons. The lowest BCUT2D eigenvalue weighted by Gasteiger charge is -2.31. The van der Waals surface area contributed by atoms with E-state index in [4.69, 9.17) is 15.2 Å². The fraction of sp³-hybridized carbons (Fsp3) is 0.312.